The number of anilines is 1. The Morgan fingerprint density at radius 1 is 1.17 bits per heavy atom. The number of nitrogens with two attached hydrogens (primary N) is 1. The van der Waals surface area contributed by atoms with Crippen molar-refractivity contribution < 1.29 is 5.11 Å². The number of aliphatic hydroxyl groups excluding tert-OH is 1. The fourth-order valence-electron chi connectivity index (χ4n) is 2.08. The monoisotopic (exact) mass is 239 g/mol. The van der Waals surface area contributed by atoms with E-state index in [1.807, 2.05) is 24.4 Å². The number of hydrogen-bond donors (Lipinski definition) is 3. The number of pyridine rings is 1. The molecular formula is C14H13N3O. The number of nitrogens with one attached hydrogen (secondary N) is 1. The van der Waals surface area contributed by atoms with Gasteiger partial charge in [-0.25, -0.2) is 0 Å². The van der Waals surface area contributed by atoms with Gasteiger partial charge in [-0.1, -0.05) is 12.1 Å². The van der Waals surface area contributed by atoms with Crippen LogP contribution in [0.2, 0.25) is 0 Å². The van der Waals surface area contributed by atoms with Crippen LogP contribution >= 0.6 is 0 Å². The molecule has 3 aromatic rings. The van der Waals surface area contributed by atoms with E-state index in [-0.39, 0.29) is 0 Å². The van der Waals surface area contributed by atoms with Crippen molar-refractivity contribution in [2.45, 2.75) is 6.10 Å². The predicted molar refractivity (Wildman–Crippen MR) is 71.0 cm³/mol. The highest BCUT2D eigenvalue weighted by atomic mass is 16.3. The first kappa shape index (κ1) is 10.8. The van der Waals surface area contributed by atoms with Crippen LogP contribution in [0.4, 0.5) is 5.69 Å². The number of rotatable bonds is 2. The van der Waals surface area contributed by atoms with Gasteiger partial charge in [-0.15, -0.1) is 0 Å². The topological polar surface area (TPSA) is 74.9 Å². The molecule has 0 bridgehead atoms. The average Bonchev–Trinajstić information content (AvgIpc) is 2.82. The Bertz CT molecular complexity index is 673. The SMILES string of the molecule is Nc1ccc(C(O)c2c[nH]c3cnccc23)cc1. The minimum atomic E-state index is -0.665. The molecule has 0 aliphatic heterocycles. The zero-order valence-corrected chi connectivity index (χ0v) is 9.67. The maximum atomic E-state index is 10.4. The summed E-state index contributed by atoms with van der Waals surface area (Å²) in [5, 5.41) is 11.4. The van der Waals surface area contributed by atoms with Gasteiger partial charge in [0, 0.05) is 29.0 Å². The maximum absolute atomic E-state index is 10.4. The summed E-state index contributed by atoms with van der Waals surface area (Å²) >= 11 is 0. The first-order valence-electron chi connectivity index (χ1n) is 5.70. The molecule has 0 spiro atoms. The van der Waals surface area contributed by atoms with Gasteiger partial charge in [0.15, 0.2) is 0 Å². The molecule has 0 fully saturated rings. The highest BCUT2D eigenvalue weighted by Gasteiger charge is 2.14. The number of fused-ring (bicyclic) bond motifs is 1. The third kappa shape index (κ3) is 1.72. The van der Waals surface area contributed by atoms with Crippen molar-refractivity contribution in [3.63, 3.8) is 0 Å². The summed E-state index contributed by atoms with van der Waals surface area (Å²) in [5.41, 5.74) is 8.91. The van der Waals surface area contributed by atoms with Gasteiger partial charge >= 0.3 is 0 Å². The van der Waals surface area contributed by atoms with Crippen LogP contribution in [0.15, 0.2) is 48.9 Å². The molecular weight excluding hydrogens is 226 g/mol. The van der Waals surface area contributed by atoms with Crippen LogP contribution in [0.25, 0.3) is 10.9 Å². The lowest BCUT2D eigenvalue weighted by molar-refractivity contribution is 0.222. The van der Waals surface area contributed by atoms with Gasteiger partial charge in [0.1, 0.15) is 6.10 Å². The zero-order valence-electron chi connectivity index (χ0n) is 9.67. The average molecular weight is 239 g/mol. The number of aromatic amines is 1. The van der Waals surface area contributed by atoms with E-state index in [1.54, 1.807) is 24.5 Å². The maximum Gasteiger partial charge on any atom is 0.106 e. The molecule has 0 radical (unpaired) electrons. The molecule has 2 aromatic heterocycles. The summed E-state index contributed by atoms with van der Waals surface area (Å²) in [6, 6.07) is 9.13. The van der Waals surface area contributed by atoms with Gasteiger partial charge in [0.25, 0.3) is 0 Å². The van der Waals surface area contributed by atoms with Crippen LogP contribution in [-0.4, -0.2) is 15.1 Å². The molecule has 0 saturated heterocycles. The standard InChI is InChI=1S/C14H13N3O/c15-10-3-1-9(2-4-10)14(18)12-7-17-13-8-16-6-5-11(12)13/h1-8,14,17-18H,15H2. The van der Waals surface area contributed by atoms with Crippen molar-refractivity contribution in [1.29, 1.82) is 0 Å². The number of aliphatic hydroxyl groups is 1. The summed E-state index contributed by atoms with van der Waals surface area (Å²) in [7, 11) is 0. The molecule has 1 unspecified atom stereocenters. The molecule has 1 atom stereocenters. The Labute approximate surface area is 104 Å². The van der Waals surface area contributed by atoms with Crippen molar-refractivity contribution in [3.8, 4) is 0 Å². The summed E-state index contributed by atoms with van der Waals surface area (Å²) < 4.78 is 0. The zero-order chi connectivity index (χ0) is 12.5. The molecule has 0 saturated carbocycles. The Kier molecular flexibility index (Phi) is 2.50. The van der Waals surface area contributed by atoms with Crippen molar-refractivity contribution in [2.24, 2.45) is 0 Å². The third-order valence-corrected chi connectivity index (χ3v) is 3.06. The summed E-state index contributed by atoms with van der Waals surface area (Å²) in [5.74, 6) is 0. The number of nitrogens with zero attached hydrogens (tertiary/aromatic N) is 1. The van der Waals surface area contributed by atoms with E-state index in [1.165, 1.54) is 0 Å². The number of H-pyrrole nitrogens is 1. The largest absolute Gasteiger partial charge is 0.399 e. The second-order valence-electron chi connectivity index (χ2n) is 4.23. The molecule has 4 N–H and O–H groups in total. The van der Waals surface area contributed by atoms with Gasteiger partial charge in [-0.05, 0) is 23.8 Å². The van der Waals surface area contributed by atoms with E-state index in [0.717, 1.165) is 22.0 Å². The van der Waals surface area contributed by atoms with Crippen LogP contribution in [0.1, 0.15) is 17.2 Å². The number of benzene rings is 1. The third-order valence-electron chi connectivity index (χ3n) is 3.06. The molecule has 2 heterocycles. The van der Waals surface area contributed by atoms with Gasteiger partial charge in [-0.2, -0.15) is 0 Å². The van der Waals surface area contributed by atoms with Crippen molar-refractivity contribution >= 4 is 16.6 Å². The fraction of sp³-hybridized carbons (Fsp3) is 0.0714. The Morgan fingerprint density at radius 3 is 2.72 bits per heavy atom. The van der Waals surface area contributed by atoms with E-state index < -0.39 is 6.10 Å². The molecule has 90 valence electrons. The van der Waals surface area contributed by atoms with E-state index in [4.69, 9.17) is 5.73 Å². The van der Waals surface area contributed by atoms with E-state index >= 15 is 0 Å². The lowest BCUT2D eigenvalue weighted by atomic mass is 10.0. The second kappa shape index (κ2) is 4.16. The molecule has 4 nitrogen and oxygen atoms in total. The lowest BCUT2D eigenvalue weighted by Crippen LogP contribution is -1.99. The summed E-state index contributed by atoms with van der Waals surface area (Å²) in [6.45, 7) is 0. The molecule has 3 rings (SSSR count). The smallest absolute Gasteiger partial charge is 0.106 e. The Morgan fingerprint density at radius 2 is 1.94 bits per heavy atom. The molecule has 4 heteroatoms. The Hall–Kier alpha value is -2.33. The van der Waals surface area contributed by atoms with E-state index in [9.17, 15) is 5.11 Å². The highest BCUT2D eigenvalue weighted by Crippen LogP contribution is 2.28. The highest BCUT2D eigenvalue weighted by molar-refractivity contribution is 5.83. The van der Waals surface area contributed by atoms with Crippen molar-refractivity contribution in [2.75, 3.05) is 5.73 Å². The number of hydrogen-bond acceptors (Lipinski definition) is 3. The molecule has 18 heavy (non-hydrogen) atoms. The minimum absolute atomic E-state index is 0.665. The van der Waals surface area contributed by atoms with Gasteiger partial charge < -0.3 is 15.8 Å². The number of aromatic nitrogens is 2. The molecule has 0 aliphatic carbocycles. The van der Waals surface area contributed by atoms with Gasteiger partial charge in [0.05, 0.1) is 11.7 Å². The molecule has 0 amide bonds. The first-order valence-corrected chi connectivity index (χ1v) is 5.70. The van der Waals surface area contributed by atoms with Crippen molar-refractivity contribution in [3.05, 3.63) is 60.0 Å². The quantitative estimate of drug-likeness (QED) is 0.600. The van der Waals surface area contributed by atoms with Crippen LogP contribution in [0, 0.1) is 0 Å². The Balaban J connectivity index is 2.06. The summed E-state index contributed by atoms with van der Waals surface area (Å²) in [4.78, 5) is 7.14. The lowest BCUT2D eigenvalue weighted by Gasteiger charge is -2.10. The van der Waals surface area contributed by atoms with Gasteiger partial charge in [0.2, 0.25) is 0 Å². The first-order chi connectivity index (χ1) is 8.75. The van der Waals surface area contributed by atoms with E-state index in [2.05, 4.69) is 9.97 Å². The van der Waals surface area contributed by atoms with Crippen LogP contribution in [-0.2, 0) is 0 Å². The van der Waals surface area contributed by atoms with Crippen LogP contribution in [0.5, 0.6) is 0 Å². The second-order valence-corrected chi connectivity index (χ2v) is 4.23. The minimum Gasteiger partial charge on any atom is -0.399 e. The fourth-order valence-corrected chi connectivity index (χ4v) is 2.08. The van der Waals surface area contributed by atoms with E-state index in [0.29, 0.717) is 5.69 Å². The molecule has 1 aromatic carbocycles. The predicted octanol–water partition coefficient (Wildman–Crippen LogP) is 2.23. The van der Waals surface area contributed by atoms with Gasteiger partial charge in [-0.3, -0.25) is 4.98 Å². The molecule has 0 aliphatic rings. The number of nitrogen functional groups attached to an aromatic ring is 1. The van der Waals surface area contributed by atoms with Crippen molar-refractivity contribution in [1.82, 2.24) is 9.97 Å². The summed E-state index contributed by atoms with van der Waals surface area (Å²) in [6.07, 6.45) is 4.61. The van der Waals surface area contributed by atoms with Crippen LogP contribution in [0.3, 0.4) is 0 Å². The normalized spacial score (nSPS) is 12.7. The van der Waals surface area contributed by atoms with Crippen LogP contribution < -0.4 is 5.73 Å².